The summed E-state index contributed by atoms with van der Waals surface area (Å²) in [5.74, 6) is 0.598. The van der Waals surface area contributed by atoms with Gasteiger partial charge in [0.15, 0.2) is 5.78 Å². The van der Waals surface area contributed by atoms with Gasteiger partial charge >= 0.3 is 0 Å². The Morgan fingerprint density at radius 2 is 2.23 bits per heavy atom. The first-order valence-electron chi connectivity index (χ1n) is 3.97. The van der Waals surface area contributed by atoms with E-state index in [-0.39, 0.29) is 12.4 Å². The van der Waals surface area contributed by atoms with E-state index in [2.05, 4.69) is 0 Å². The normalized spacial score (nSPS) is 9.77. The standard InChI is InChI=1S/C10H12O3/c1-7(12)10-4-3-9(13-2)5-8(10)6-11/h3-5,11H,6H2,1-2H3. The zero-order chi connectivity index (χ0) is 9.84. The fraction of sp³-hybridized carbons (Fsp3) is 0.300. The Bertz CT molecular complexity index is 318. The van der Waals surface area contributed by atoms with Crippen molar-refractivity contribution < 1.29 is 14.6 Å². The highest BCUT2D eigenvalue weighted by molar-refractivity contribution is 5.95. The first kappa shape index (κ1) is 9.74. The average Bonchev–Trinajstić information content (AvgIpc) is 2.16. The Morgan fingerprint density at radius 3 is 2.69 bits per heavy atom. The van der Waals surface area contributed by atoms with Crippen LogP contribution in [0.3, 0.4) is 0 Å². The molecule has 0 fully saturated rings. The topological polar surface area (TPSA) is 46.5 Å². The molecule has 1 N–H and O–H groups in total. The van der Waals surface area contributed by atoms with Crippen LogP contribution in [-0.4, -0.2) is 18.0 Å². The van der Waals surface area contributed by atoms with E-state index in [1.807, 2.05) is 0 Å². The lowest BCUT2D eigenvalue weighted by molar-refractivity contribution is 0.101. The molecule has 1 aromatic rings. The number of Topliss-reactive ketones (excluding diaryl/α,β-unsaturated/α-hetero) is 1. The maximum absolute atomic E-state index is 11.1. The number of ether oxygens (including phenoxy) is 1. The van der Waals surface area contributed by atoms with Crippen molar-refractivity contribution in [3.8, 4) is 5.75 Å². The molecular formula is C10H12O3. The van der Waals surface area contributed by atoms with E-state index in [0.717, 1.165) is 0 Å². The minimum absolute atomic E-state index is 0.0493. The van der Waals surface area contributed by atoms with E-state index in [1.54, 1.807) is 25.3 Å². The van der Waals surface area contributed by atoms with Crippen LogP contribution in [0.15, 0.2) is 18.2 Å². The lowest BCUT2D eigenvalue weighted by Crippen LogP contribution is -1.99. The SMILES string of the molecule is COc1ccc(C(C)=O)c(CO)c1. The van der Waals surface area contributed by atoms with E-state index in [0.29, 0.717) is 16.9 Å². The van der Waals surface area contributed by atoms with Gasteiger partial charge in [0, 0.05) is 5.56 Å². The highest BCUT2D eigenvalue weighted by Crippen LogP contribution is 2.17. The monoisotopic (exact) mass is 180 g/mol. The number of benzene rings is 1. The molecule has 0 atom stereocenters. The number of carbonyl (C=O) groups is 1. The predicted molar refractivity (Wildman–Crippen MR) is 48.9 cm³/mol. The number of aliphatic hydroxyl groups is 1. The van der Waals surface area contributed by atoms with Crippen LogP contribution in [0.2, 0.25) is 0 Å². The molecule has 0 saturated heterocycles. The molecule has 0 aliphatic rings. The van der Waals surface area contributed by atoms with Gasteiger partial charge in [0.25, 0.3) is 0 Å². The van der Waals surface area contributed by atoms with Gasteiger partial charge in [0.2, 0.25) is 0 Å². The molecular weight excluding hydrogens is 168 g/mol. The number of carbonyl (C=O) groups excluding carboxylic acids is 1. The van der Waals surface area contributed by atoms with Crippen molar-refractivity contribution in [2.75, 3.05) is 7.11 Å². The molecule has 0 spiro atoms. The summed E-state index contributed by atoms with van der Waals surface area (Å²) in [6.07, 6.45) is 0. The van der Waals surface area contributed by atoms with Gasteiger partial charge in [0.1, 0.15) is 5.75 Å². The molecule has 3 nitrogen and oxygen atoms in total. The van der Waals surface area contributed by atoms with Crippen molar-refractivity contribution in [1.29, 1.82) is 0 Å². The van der Waals surface area contributed by atoms with E-state index < -0.39 is 0 Å². The number of ketones is 1. The molecule has 0 amide bonds. The summed E-state index contributed by atoms with van der Waals surface area (Å²) in [6.45, 7) is 1.33. The Labute approximate surface area is 77.0 Å². The third kappa shape index (κ3) is 2.06. The molecule has 1 rings (SSSR count). The van der Waals surface area contributed by atoms with Crippen molar-refractivity contribution in [3.63, 3.8) is 0 Å². The van der Waals surface area contributed by atoms with Crippen LogP contribution in [0.5, 0.6) is 5.75 Å². The van der Waals surface area contributed by atoms with Gasteiger partial charge in [-0.15, -0.1) is 0 Å². The van der Waals surface area contributed by atoms with Gasteiger partial charge < -0.3 is 9.84 Å². The molecule has 0 aliphatic carbocycles. The van der Waals surface area contributed by atoms with Gasteiger partial charge in [-0.05, 0) is 30.7 Å². The highest BCUT2D eigenvalue weighted by atomic mass is 16.5. The van der Waals surface area contributed by atoms with Crippen LogP contribution < -0.4 is 4.74 Å². The first-order valence-corrected chi connectivity index (χ1v) is 3.97. The fourth-order valence-corrected chi connectivity index (χ4v) is 1.17. The maximum Gasteiger partial charge on any atom is 0.160 e. The van der Waals surface area contributed by atoms with Crippen molar-refractivity contribution in [1.82, 2.24) is 0 Å². The zero-order valence-corrected chi connectivity index (χ0v) is 7.70. The highest BCUT2D eigenvalue weighted by Gasteiger charge is 2.06. The summed E-state index contributed by atoms with van der Waals surface area (Å²) >= 11 is 0. The second-order valence-electron chi connectivity index (χ2n) is 2.74. The molecule has 0 radical (unpaired) electrons. The molecule has 0 unspecified atom stereocenters. The number of rotatable bonds is 3. The maximum atomic E-state index is 11.1. The minimum Gasteiger partial charge on any atom is -0.497 e. The van der Waals surface area contributed by atoms with Crippen LogP contribution in [0.4, 0.5) is 0 Å². The van der Waals surface area contributed by atoms with Gasteiger partial charge in [0.05, 0.1) is 13.7 Å². The lowest BCUT2D eigenvalue weighted by atomic mass is 10.0. The summed E-state index contributed by atoms with van der Waals surface area (Å²) in [7, 11) is 1.55. The van der Waals surface area contributed by atoms with Crippen molar-refractivity contribution in [2.45, 2.75) is 13.5 Å². The van der Waals surface area contributed by atoms with Crippen LogP contribution in [0.1, 0.15) is 22.8 Å². The Kier molecular flexibility index (Phi) is 3.03. The third-order valence-corrected chi connectivity index (χ3v) is 1.86. The number of hydrogen-bond donors (Lipinski definition) is 1. The quantitative estimate of drug-likeness (QED) is 0.715. The molecule has 3 heteroatoms. The number of methoxy groups -OCH3 is 1. The second kappa shape index (κ2) is 4.05. The Hall–Kier alpha value is -1.35. The average molecular weight is 180 g/mol. The van der Waals surface area contributed by atoms with Crippen molar-refractivity contribution in [2.24, 2.45) is 0 Å². The largest absolute Gasteiger partial charge is 0.497 e. The summed E-state index contributed by atoms with van der Waals surface area (Å²) in [5, 5.41) is 8.98. The van der Waals surface area contributed by atoms with Crippen molar-refractivity contribution in [3.05, 3.63) is 29.3 Å². The molecule has 0 saturated carbocycles. The Morgan fingerprint density at radius 1 is 1.54 bits per heavy atom. The third-order valence-electron chi connectivity index (χ3n) is 1.86. The van der Waals surface area contributed by atoms with Gasteiger partial charge in [-0.1, -0.05) is 0 Å². The van der Waals surface area contributed by atoms with Gasteiger partial charge in [-0.3, -0.25) is 4.79 Å². The Balaban J connectivity index is 3.15. The second-order valence-corrected chi connectivity index (χ2v) is 2.74. The van der Waals surface area contributed by atoms with Crippen LogP contribution in [0, 0.1) is 0 Å². The summed E-state index contributed by atoms with van der Waals surface area (Å²) in [5.41, 5.74) is 1.15. The van der Waals surface area contributed by atoms with Gasteiger partial charge in [-0.25, -0.2) is 0 Å². The zero-order valence-electron chi connectivity index (χ0n) is 7.70. The first-order chi connectivity index (χ1) is 6.19. The summed E-state index contributed by atoms with van der Waals surface area (Å²) in [4.78, 5) is 11.1. The lowest BCUT2D eigenvalue weighted by Gasteiger charge is -2.06. The molecule has 1 aromatic carbocycles. The molecule has 0 aromatic heterocycles. The molecule has 0 aliphatic heterocycles. The fourth-order valence-electron chi connectivity index (χ4n) is 1.17. The van der Waals surface area contributed by atoms with Gasteiger partial charge in [-0.2, -0.15) is 0 Å². The number of aliphatic hydroxyl groups excluding tert-OH is 1. The minimum atomic E-state index is -0.147. The molecule has 0 bridgehead atoms. The van der Waals surface area contributed by atoms with Crippen LogP contribution >= 0.6 is 0 Å². The van der Waals surface area contributed by atoms with Crippen LogP contribution in [0.25, 0.3) is 0 Å². The van der Waals surface area contributed by atoms with E-state index >= 15 is 0 Å². The van der Waals surface area contributed by atoms with Crippen molar-refractivity contribution >= 4 is 5.78 Å². The van der Waals surface area contributed by atoms with E-state index in [4.69, 9.17) is 9.84 Å². The van der Waals surface area contributed by atoms with E-state index in [9.17, 15) is 4.79 Å². The molecule has 13 heavy (non-hydrogen) atoms. The smallest absolute Gasteiger partial charge is 0.160 e. The summed E-state index contributed by atoms with van der Waals surface area (Å²) in [6, 6.07) is 5.03. The molecule has 0 heterocycles. The van der Waals surface area contributed by atoms with E-state index in [1.165, 1.54) is 6.92 Å². The summed E-state index contributed by atoms with van der Waals surface area (Å²) < 4.78 is 4.97. The number of hydrogen-bond acceptors (Lipinski definition) is 3. The predicted octanol–water partition coefficient (Wildman–Crippen LogP) is 1.39. The van der Waals surface area contributed by atoms with Crippen LogP contribution in [-0.2, 0) is 6.61 Å². The molecule has 70 valence electrons.